The van der Waals surface area contributed by atoms with Gasteiger partial charge in [-0.2, -0.15) is 4.52 Å². The molecule has 0 aliphatic carbocycles. The molecule has 2 aromatic rings. The third-order valence-electron chi connectivity index (χ3n) is 2.42. The summed E-state index contributed by atoms with van der Waals surface area (Å²) in [5.41, 5.74) is 0.257. The standard InChI is InChI=1S/C10H12N4O3S/c1-10(2,8(16)17)18-4-6-3-7(15)14-9(13-6)11-5-12-14/h3,5H,4H2,1-2H3,(H,16,17)(H,11,12,13). The van der Waals surface area contributed by atoms with Crippen LogP contribution < -0.4 is 5.56 Å². The van der Waals surface area contributed by atoms with E-state index in [1.165, 1.54) is 28.7 Å². The molecular formula is C10H12N4O3S. The van der Waals surface area contributed by atoms with Crippen molar-refractivity contribution in [3.05, 3.63) is 28.4 Å². The fraction of sp³-hybridized carbons (Fsp3) is 0.400. The number of H-pyrrole nitrogens is 1. The van der Waals surface area contributed by atoms with Crippen LogP contribution in [-0.2, 0) is 10.5 Å². The smallest absolute Gasteiger partial charge is 0.319 e. The highest BCUT2D eigenvalue weighted by molar-refractivity contribution is 8.00. The average Bonchev–Trinajstić information content (AvgIpc) is 2.75. The summed E-state index contributed by atoms with van der Waals surface area (Å²) in [6, 6.07) is 1.37. The van der Waals surface area contributed by atoms with Crippen molar-refractivity contribution in [3.63, 3.8) is 0 Å². The molecule has 0 fully saturated rings. The summed E-state index contributed by atoms with van der Waals surface area (Å²) in [6.45, 7) is 3.22. The second kappa shape index (κ2) is 4.45. The molecule has 2 aromatic heterocycles. The van der Waals surface area contributed by atoms with Crippen LogP contribution in [0.3, 0.4) is 0 Å². The number of carboxylic acids is 1. The van der Waals surface area contributed by atoms with Gasteiger partial charge in [0.15, 0.2) is 0 Å². The lowest BCUT2D eigenvalue weighted by Gasteiger charge is -2.17. The van der Waals surface area contributed by atoms with Gasteiger partial charge in [-0.1, -0.05) is 0 Å². The maximum Gasteiger partial charge on any atom is 0.319 e. The molecule has 0 aliphatic heterocycles. The molecule has 0 aromatic carbocycles. The molecule has 0 saturated carbocycles. The lowest BCUT2D eigenvalue weighted by molar-refractivity contribution is -0.138. The largest absolute Gasteiger partial charge is 0.480 e. The van der Waals surface area contributed by atoms with Gasteiger partial charge in [-0.3, -0.25) is 14.7 Å². The number of carbonyl (C=O) groups is 1. The number of aliphatic carboxylic acids is 1. The quantitative estimate of drug-likeness (QED) is 0.838. The van der Waals surface area contributed by atoms with E-state index in [1.807, 2.05) is 0 Å². The lowest BCUT2D eigenvalue weighted by atomic mass is 10.2. The van der Waals surface area contributed by atoms with Crippen molar-refractivity contribution in [2.24, 2.45) is 0 Å². The second-order valence-corrected chi connectivity index (χ2v) is 5.81. The fourth-order valence-electron chi connectivity index (χ4n) is 1.26. The minimum atomic E-state index is -0.918. The highest BCUT2D eigenvalue weighted by atomic mass is 32.2. The van der Waals surface area contributed by atoms with Crippen LogP contribution in [0.5, 0.6) is 0 Å². The van der Waals surface area contributed by atoms with Crippen LogP contribution in [0.25, 0.3) is 5.78 Å². The Hall–Kier alpha value is -1.83. The first-order valence-electron chi connectivity index (χ1n) is 5.19. The first-order chi connectivity index (χ1) is 8.40. The van der Waals surface area contributed by atoms with Gasteiger partial charge in [-0.25, -0.2) is 9.97 Å². The maximum atomic E-state index is 11.6. The number of aromatic amines is 1. The molecule has 2 rings (SSSR count). The van der Waals surface area contributed by atoms with E-state index in [0.29, 0.717) is 11.4 Å². The molecule has 96 valence electrons. The Bertz CT molecular complexity index is 646. The molecular weight excluding hydrogens is 256 g/mol. The van der Waals surface area contributed by atoms with Gasteiger partial charge in [0.25, 0.3) is 11.3 Å². The summed E-state index contributed by atoms with van der Waals surface area (Å²) in [5.74, 6) is -0.269. The monoisotopic (exact) mass is 268 g/mol. The van der Waals surface area contributed by atoms with Crippen molar-refractivity contribution in [2.75, 3.05) is 0 Å². The van der Waals surface area contributed by atoms with Crippen molar-refractivity contribution >= 4 is 23.5 Å². The third kappa shape index (κ3) is 2.37. The number of hydrogen-bond donors (Lipinski definition) is 2. The van der Waals surface area contributed by atoms with Crippen LogP contribution >= 0.6 is 11.8 Å². The summed E-state index contributed by atoms with van der Waals surface area (Å²) in [5, 5.41) is 11.6. The van der Waals surface area contributed by atoms with Gasteiger partial charge in [0.1, 0.15) is 11.1 Å². The predicted molar refractivity (Wildman–Crippen MR) is 66.6 cm³/mol. The Balaban J connectivity index is 2.22. The van der Waals surface area contributed by atoms with Crippen LogP contribution in [0.1, 0.15) is 19.5 Å². The molecule has 8 heteroatoms. The number of nitrogens with one attached hydrogen (secondary N) is 1. The van der Waals surface area contributed by atoms with E-state index in [2.05, 4.69) is 15.1 Å². The van der Waals surface area contributed by atoms with Gasteiger partial charge in [0, 0.05) is 11.8 Å². The van der Waals surface area contributed by atoms with Gasteiger partial charge >= 0.3 is 5.97 Å². The molecule has 0 radical (unpaired) electrons. The van der Waals surface area contributed by atoms with E-state index >= 15 is 0 Å². The molecule has 0 amide bonds. The van der Waals surface area contributed by atoms with Crippen molar-refractivity contribution in [2.45, 2.75) is 24.3 Å². The normalized spacial score (nSPS) is 11.9. The molecule has 2 heterocycles. The zero-order valence-corrected chi connectivity index (χ0v) is 10.7. The summed E-state index contributed by atoms with van der Waals surface area (Å²) < 4.78 is 0.301. The third-order valence-corrected chi connectivity index (χ3v) is 3.75. The topological polar surface area (TPSA) is 100 Å². The van der Waals surface area contributed by atoms with Gasteiger partial charge in [-0.15, -0.1) is 11.8 Å². The van der Waals surface area contributed by atoms with Crippen LogP contribution in [0, 0.1) is 0 Å². The molecule has 0 aliphatic rings. The van der Waals surface area contributed by atoms with Gasteiger partial charge < -0.3 is 5.11 Å². The SMILES string of the molecule is CC(C)(SCc1cc(=O)n2[nH]cnc2n1)C(=O)O. The van der Waals surface area contributed by atoms with E-state index in [1.54, 1.807) is 13.8 Å². The minimum absolute atomic E-state index is 0.263. The van der Waals surface area contributed by atoms with E-state index in [0.717, 1.165) is 0 Å². The highest BCUT2D eigenvalue weighted by Crippen LogP contribution is 2.27. The highest BCUT2D eigenvalue weighted by Gasteiger charge is 2.27. The zero-order chi connectivity index (χ0) is 13.3. The van der Waals surface area contributed by atoms with Gasteiger partial charge in [0.05, 0.1) is 5.69 Å². The molecule has 0 bridgehead atoms. The molecule has 0 saturated heterocycles. The number of aromatic nitrogens is 4. The summed E-state index contributed by atoms with van der Waals surface area (Å²) >= 11 is 1.21. The van der Waals surface area contributed by atoms with Gasteiger partial charge in [0.2, 0.25) is 0 Å². The van der Waals surface area contributed by atoms with E-state index in [-0.39, 0.29) is 11.3 Å². The predicted octanol–water partition coefficient (Wildman–Crippen LogP) is 0.514. The van der Waals surface area contributed by atoms with Gasteiger partial charge in [-0.05, 0) is 13.8 Å². The number of fused-ring (bicyclic) bond motifs is 1. The van der Waals surface area contributed by atoms with Crippen LogP contribution in [0.2, 0.25) is 0 Å². The Kier molecular flexibility index (Phi) is 3.12. The Morgan fingerprint density at radius 2 is 2.33 bits per heavy atom. The van der Waals surface area contributed by atoms with E-state index in [4.69, 9.17) is 5.11 Å². The average molecular weight is 268 g/mol. The number of hydrogen-bond acceptors (Lipinski definition) is 5. The van der Waals surface area contributed by atoms with Crippen LogP contribution in [0.15, 0.2) is 17.2 Å². The Morgan fingerprint density at radius 3 is 3.00 bits per heavy atom. The van der Waals surface area contributed by atoms with Crippen molar-refractivity contribution in [1.29, 1.82) is 0 Å². The molecule has 18 heavy (non-hydrogen) atoms. The van der Waals surface area contributed by atoms with Crippen LogP contribution in [0.4, 0.5) is 0 Å². The summed E-state index contributed by atoms with van der Waals surface area (Å²) in [6.07, 6.45) is 1.38. The molecule has 0 atom stereocenters. The first-order valence-corrected chi connectivity index (χ1v) is 6.18. The maximum absolute atomic E-state index is 11.6. The second-order valence-electron chi connectivity index (χ2n) is 4.21. The molecule has 2 N–H and O–H groups in total. The lowest BCUT2D eigenvalue weighted by Crippen LogP contribution is -2.27. The van der Waals surface area contributed by atoms with Crippen molar-refractivity contribution in [1.82, 2.24) is 19.6 Å². The summed E-state index contributed by atoms with van der Waals surface area (Å²) in [4.78, 5) is 30.7. The van der Waals surface area contributed by atoms with Crippen LogP contribution in [-0.4, -0.2) is 35.4 Å². The van der Waals surface area contributed by atoms with Crippen molar-refractivity contribution in [3.8, 4) is 0 Å². The van der Waals surface area contributed by atoms with E-state index in [9.17, 15) is 9.59 Å². The van der Waals surface area contributed by atoms with Crippen molar-refractivity contribution < 1.29 is 9.90 Å². The molecule has 0 spiro atoms. The zero-order valence-electron chi connectivity index (χ0n) is 9.88. The number of nitrogens with zero attached hydrogens (tertiary/aromatic N) is 3. The minimum Gasteiger partial charge on any atom is -0.480 e. The Morgan fingerprint density at radius 1 is 1.61 bits per heavy atom. The fourth-order valence-corrected chi connectivity index (χ4v) is 2.04. The van der Waals surface area contributed by atoms with E-state index < -0.39 is 10.7 Å². The Labute approximate surface area is 106 Å². The first kappa shape index (κ1) is 12.6. The summed E-state index contributed by atoms with van der Waals surface area (Å²) in [7, 11) is 0. The number of carboxylic acid groups (broad SMARTS) is 1. The molecule has 0 unspecified atom stereocenters. The number of thioether (sulfide) groups is 1. The number of rotatable bonds is 4. The molecule has 7 nitrogen and oxygen atoms in total.